The molecule has 0 bridgehead atoms. The third kappa shape index (κ3) is 2.76. The van der Waals surface area contributed by atoms with E-state index in [4.69, 9.17) is 4.74 Å². The summed E-state index contributed by atoms with van der Waals surface area (Å²) in [5.41, 5.74) is 0. The summed E-state index contributed by atoms with van der Waals surface area (Å²) in [7, 11) is 3.15. The molecule has 1 rings (SSSR count). The molecule has 0 radical (unpaired) electrons. The van der Waals surface area contributed by atoms with Gasteiger partial charge in [-0.2, -0.15) is 0 Å². The van der Waals surface area contributed by atoms with E-state index in [0.29, 0.717) is 0 Å². The lowest BCUT2D eigenvalue weighted by atomic mass is 10.3. The molecular weight excluding hydrogens is 297 g/mol. The van der Waals surface area contributed by atoms with Crippen LogP contribution in [0.2, 0.25) is 0 Å². The Balaban J connectivity index is 2.86. The van der Waals surface area contributed by atoms with Crippen LogP contribution in [0, 0.1) is 3.57 Å². The van der Waals surface area contributed by atoms with E-state index in [1.54, 1.807) is 26.2 Å². The number of hydrogen-bond donors (Lipinski definition) is 1. The number of phenols is 1. The summed E-state index contributed by atoms with van der Waals surface area (Å²) in [6.45, 7) is 0. The van der Waals surface area contributed by atoms with Crippen LogP contribution in [0.1, 0.15) is 0 Å². The third-order valence-corrected chi connectivity index (χ3v) is 2.16. The molecule has 0 fully saturated rings. The number of phenolic OH excluding ortho intramolecular Hbond substituents is 1. The monoisotopic (exact) mass is 307 g/mol. The van der Waals surface area contributed by atoms with E-state index in [1.165, 1.54) is 11.0 Å². The zero-order chi connectivity index (χ0) is 10.7. The summed E-state index contributed by atoms with van der Waals surface area (Å²) in [6, 6.07) is 4.81. The average Bonchev–Trinajstić information content (AvgIpc) is 2.11. The second kappa shape index (κ2) is 4.50. The van der Waals surface area contributed by atoms with Gasteiger partial charge in [-0.3, -0.25) is 0 Å². The molecule has 0 atom stereocenters. The molecule has 4 nitrogen and oxygen atoms in total. The normalized spacial score (nSPS) is 9.64. The number of rotatable bonds is 1. The van der Waals surface area contributed by atoms with Crippen LogP contribution in [0.15, 0.2) is 18.2 Å². The molecule has 0 heterocycles. The van der Waals surface area contributed by atoms with Crippen molar-refractivity contribution in [2.75, 3.05) is 14.1 Å². The number of benzene rings is 1. The molecule has 14 heavy (non-hydrogen) atoms. The molecule has 1 aromatic carbocycles. The largest absolute Gasteiger partial charge is 0.504 e. The summed E-state index contributed by atoms with van der Waals surface area (Å²) < 4.78 is 5.81. The number of carbonyl (C=O) groups excluding carboxylic acids is 1. The maximum atomic E-state index is 11.2. The third-order valence-electron chi connectivity index (χ3n) is 1.48. The maximum Gasteiger partial charge on any atom is 0.414 e. The van der Waals surface area contributed by atoms with Crippen molar-refractivity contribution in [1.82, 2.24) is 4.90 Å². The molecule has 0 aromatic heterocycles. The predicted octanol–water partition coefficient (Wildman–Crippen LogP) is 2.06. The van der Waals surface area contributed by atoms with E-state index < -0.39 is 6.09 Å². The van der Waals surface area contributed by atoms with Gasteiger partial charge in [0.15, 0.2) is 11.5 Å². The van der Waals surface area contributed by atoms with Crippen LogP contribution in [-0.4, -0.2) is 30.2 Å². The van der Waals surface area contributed by atoms with Crippen LogP contribution in [0.3, 0.4) is 0 Å². The van der Waals surface area contributed by atoms with Crippen LogP contribution in [0.5, 0.6) is 11.5 Å². The van der Waals surface area contributed by atoms with Gasteiger partial charge in [0.2, 0.25) is 0 Å². The molecule has 0 spiro atoms. The van der Waals surface area contributed by atoms with Crippen molar-refractivity contribution in [3.05, 3.63) is 21.8 Å². The van der Waals surface area contributed by atoms with Crippen LogP contribution in [-0.2, 0) is 0 Å². The highest BCUT2D eigenvalue weighted by Crippen LogP contribution is 2.27. The Morgan fingerprint density at radius 1 is 1.50 bits per heavy atom. The Kier molecular flexibility index (Phi) is 3.56. The summed E-state index contributed by atoms with van der Waals surface area (Å²) in [5, 5.41) is 9.37. The van der Waals surface area contributed by atoms with Gasteiger partial charge < -0.3 is 14.7 Å². The SMILES string of the molecule is CN(C)C(=O)Oc1cc(I)ccc1O. The first-order valence-corrected chi connectivity index (χ1v) is 4.96. The summed E-state index contributed by atoms with van der Waals surface area (Å²) >= 11 is 2.07. The van der Waals surface area contributed by atoms with Crippen LogP contribution < -0.4 is 4.74 Å². The van der Waals surface area contributed by atoms with Crippen LogP contribution in [0.25, 0.3) is 0 Å². The minimum atomic E-state index is -0.512. The van der Waals surface area contributed by atoms with Gasteiger partial charge in [0.25, 0.3) is 0 Å². The fourth-order valence-electron chi connectivity index (χ4n) is 0.755. The van der Waals surface area contributed by atoms with Gasteiger partial charge in [0.1, 0.15) is 0 Å². The van der Waals surface area contributed by atoms with Gasteiger partial charge in [-0.25, -0.2) is 4.79 Å². The fraction of sp³-hybridized carbons (Fsp3) is 0.222. The number of carbonyl (C=O) groups is 1. The molecule has 0 aliphatic carbocycles. The smallest absolute Gasteiger partial charge is 0.414 e. The first-order chi connectivity index (χ1) is 6.50. The average molecular weight is 307 g/mol. The second-order valence-electron chi connectivity index (χ2n) is 2.87. The minimum Gasteiger partial charge on any atom is -0.504 e. The molecule has 1 amide bonds. The Hall–Kier alpha value is -0.980. The van der Waals surface area contributed by atoms with E-state index in [-0.39, 0.29) is 11.5 Å². The zero-order valence-corrected chi connectivity index (χ0v) is 9.98. The molecule has 0 aliphatic rings. The van der Waals surface area contributed by atoms with Gasteiger partial charge >= 0.3 is 6.09 Å². The van der Waals surface area contributed by atoms with E-state index in [2.05, 4.69) is 22.6 Å². The van der Waals surface area contributed by atoms with Gasteiger partial charge in [-0.1, -0.05) is 0 Å². The maximum absolute atomic E-state index is 11.2. The first kappa shape index (κ1) is 11.1. The Bertz CT molecular complexity index is 352. The summed E-state index contributed by atoms with van der Waals surface area (Å²) in [5.74, 6) is 0.135. The Labute approximate surface area is 95.6 Å². The summed E-state index contributed by atoms with van der Waals surface area (Å²) in [4.78, 5) is 12.5. The highest BCUT2D eigenvalue weighted by molar-refractivity contribution is 14.1. The van der Waals surface area contributed by atoms with E-state index >= 15 is 0 Å². The first-order valence-electron chi connectivity index (χ1n) is 3.88. The Morgan fingerprint density at radius 3 is 2.71 bits per heavy atom. The lowest BCUT2D eigenvalue weighted by Gasteiger charge is -2.11. The van der Waals surface area contributed by atoms with Crippen molar-refractivity contribution in [2.24, 2.45) is 0 Å². The standard InChI is InChI=1S/C9H10INO3/c1-11(2)9(13)14-8-5-6(10)3-4-7(8)12/h3-5,12H,1-2H3. The van der Waals surface area contributed by atoms with Crippen LogP contribution >= 0.6 is 22.6 Å². The fourth-order valence-corrected chi connectivity index (χ4v) is 1.22. The number of nitrogens with zero attached hydrogens (tertiary/aromatic N) is 1. The molecule has 0 saturated carbocycles. The van der Waals surface area contributed by atoms with Crippen molar-refractivity contribution in [1.29, 1.82) is 0 Å². The highest BCUT2D eigenvalue weighted by atomic mass is 127. The molecule has 76 valence electrons. The van der Waals surface area contributed by atoms with E-state index in [9.17, 15) is 9.90 Å². The van der Waals surface area contributed by atoms with Crippen LogP contribution in [0.4, 0.5) is 4.79 Å². The molecule has 0 aliphatic heterocycles. The van der Waals surface area contributed by atoms with Crippen molar-refractivity contribution < 1.29 is 14.6 Å². The number of hydrogen-bond acceptors (Lipinski definition) is 3. The second-order valence-corrected chi connectivity index (χ2v) is 4.12. The quantitative estimate of drug-likeness (QED) is 0.808. The molecule has 1 aromatic rings. The van der Waals surface area contributed by atoms with Gasteiger partial charge in [0.05, 0.1) is 0 Å². The van der Waals surface area contributed by atoms with E-state index in [1.807, 2.05) is 0 Å². The van der Waals surface area contributed by atoms with Gasteiger partial charge in [-0.05, 0) is 40.8 Å². The number of ether oxygens (including phenoxy) is 1. The number of amides is 1. The van der Waals surface area contributed by atoms with E-state index in [0.717, 1.165) is 3.57 Å². The number of aromatic hydroxyl groups is 1. The van der Waals surface area contributed by atoms with Crippen molar-refractivity contribution in [3.8, 4) is 11.5 Å². The predicted molar refractivity (Wildman–Crippen MR) is 60.5 cm³/mol. The molecule has 0 saturated heterocycles. The molecule has 0 unspecified atom stereocenters. The molecular formula is C9H10INO3. The summed E-state index contributed by atoms with van der Waals surface area (Å²) in [6.07, 6.45) is -0.512. The van der Waals surface area contributed by atoms with Crippen molar-refractivity contribution in [3.63, 3.8) is 0 Å². The van der Waals surface area contributed by atoms with Crippen molar-refractivity contribution in [2.45, 2.75) is 0 Å². The topological polar surface area (TPSA) is 49.8 Å². The zero-order valence-electron chi connectivity index (χ0n) is 7.82. The highest BCUT2D eigenvalue weighted by Gasteiger charge is 2.10. The van der Waals surface area contributed by atoms with Gasteiger partial charge in [-0.15, -0.1) is 0 Å². The van der Waals surface area contributed by atoms with Gasteiger partial charge in [0, 0.05) is 17.7 Å². The molecule has 5 heteroatoms. The lowest BCUT2D eigenvalue weighted by molar-refractivity contribution is 0.170. The Morgan fingerprint density at radius 2 is 2.14 bits per heavy atom. The van der Waals surface area contributed by atoms with Crippen molar-refractivity contribution >= 4 is 28.7 Å². The lowest BCUT2D eigenvalue weighted by Crippen LogP contribution is -2.25. The molecule has 1 N–H and O–H groups in total. The number of halogens is 1. The minimum absolute atomic E-state index is 0.0411.